The summed E-state index contributed by atoms with van der Waals surface area (Å²) in [4.78, 5) is 25.7. The van der Waals surface area contributed by atoms with Crippen LogP contribution in [0.4, 0.5) is 9.59 Å². The van der Waals surface area contributed by atoms with E-state index in [4.69, 9.17) is 4.74 Å². The van der Waals surface area contributed by atoms with Gasteiger partial charge in [0.1, 0.15) is 0 Å². The number of hydrogen-bond acceptors (Lipinski definition) is 6. The third kappa shape index (κ3) is 2.10. The second kappa shape index (κ2) is 4.18. The SMILES string of the molecule is CCCc1cnc2c(c1)OC(=O)OC(=O)O2. The van der Waals surface area contributed by atoms with Gasteiger partial charge in [-0.15, -0.1) is 0 Å². The van der Waals surface area contributed by atoms with E-state index < -0.39 is 12.3 Å². The molecule has 0 spiro atoms. The molecule has 6 heteroatoms. The number of aryl methyl sites for hydroxylation is 1. The summed E-state index contributed by atoms with van der Waals surface area (Å²) >= 11 is 0. The smallest absolute Gasteiger partial charge is 0.389 e. The minimum atomic E-state index is -1.14. The summed E-state index contributed by atoms with van der Waals surface area (Å²) in [5.74, 6) is 0.0394. The Labute approximate surface area is 91.1 Å². The first-order valence-electron chi connectivity index (χ1n) is 4.79. The van der Waals surface area contributed by atoms with Crippen molar-refractivity contribution in [1.82, 2.24) is 4.98 Å². The lowest BCUT2D eigenvalue weighted by atomic mass is 10.2. The molecule has 1 aromatic heterocycles. The lowest BCUT2D eigenvalue weighted by Gasteiger charge is -2.03. The lowest BCUT2D eigenvalue weighted by molar-refractivity contribution is 0.0993. The van der Waals surface area contributed by atoms with Gasteiger partial charge in [-0.25, -0.2) is 14.6 Å². The van der Waals surface area contributed by atoms with Crippen LogP contribution < -0.4 is 9.47 Å². The van der Waals surface area contributed by atoms with Crippen LogP contribution in [-0.2, 0) is 11.2 Å². The van der Waals surface area contributed by atoms with Gasteiger partial charge in [0.15, 0.2) is 5.75 Å². The van der Waals surface area contributed by atoms with Gasteiger partial charge in [0, 0.05) is 6.20 Å². The summed E-state index contributed by atoms with van der Waals surface area (Å²) < 4.78 is 13.5. The Kier molecular flexibility index (Phi) is 2.72. The summed E-state index contributed by atoms with van der Waals surface area (Å²) in [6.45, 7) is 2.01. The lowest BCUT2D eigenvalue weighted by Crippen LogP contribution is -2.14. The molecule has 0 unspecified atom stereocenters. The van der Waals surface area contributed by atoms with Crippen LogP contribution in [0.2, 0.25) is 0 Å². The fourth-order valence-electron chi connectivity index (χ4n) is 1.33. The monoisotopic (exact) mass is 223 g/mol. The van der Waals surface area contributed by atoms with Crippen LogP contribution in [0.3, 0.4) is 0 Å². The Morgan fingerprint density at radius 3 is 2.69 bits per heavy atom. The van der Waals surface area contributed by atoms with Gasteiger partial charge in [0.05, 0.1) is 0 Å². The second-order valence-corrected chi connectivity index (χ2v) is 3.20. The minimum Gasteiger partial charge on any atom is -0.389 e. The van der Waals surface area contributed by atoms with Gasteiger partial charge in [-0.05, 0) is 18.1 Å². The molecule has 0 atom stereocenters. The van der Waals surface area contributed by atoms with Gasteiger partial charge >= 0.3 is 12.3 Å². The van der Waals surface area contributed by atoms with E-state index in [2.05, 4.69) is 14.5 Å². The molecule has 0 aliphatic carbocycles. The Bertz CT molecular complexity index is 443. The number of nitrogens with zero attached hydrogens (tertiary/aromatic N) is 1. The number of carbonyl (C=O) groups is 2. The first kappa shape index (κ1) is 10.4. The Morgan fingerprint density at radius 1 is 1.19 bits per heavy atom. The fourth-order valence-corrected chi connectivity index (χ4v) is 1.33. The molecular formula is C10H9NO5. The number of carbonyl (C=O) groups excluding carboxylic acids is 2. The topological polar surface area (TPSA) is 74.7 Å². The molecule has 6 nitrogen and oxygen atoms in total. The van der Waals surface area contributed by atoms with Gasteiger partial charge < -0.3 is 14.2 Å². The molecule has 2 heterocycles. The molecule has 0 radical (unpaired) electrons. The highest BCUT2D eigenvalue weighted by atomic mass is 16.8. The van der Waals surface area contributed by atoms with E-state index in [-0.39, 0.29) is 11.6 Å². The molecule has 0 amide bonds. The number of pyridine rings is 1. The highest BCUT2D eigenvalue weighted by Crippen LogP contribution is 2.28. The molecule has 1 aliphatic heterocycles. The Morgan fingerprint density at radius 2 is 1.94 bits per heavy atom. The van der Waals surface area contributed by atoms with E-state index in [1.54, 1.807) is 12.3 Å². The number of fused-ring (bicyclic) bond motifs is 1. The molecule has 1 aromatic rings. The van der Waals surface area contributed by atoms with Crippen molar-refractivity contribution in [2.75, 3.05) is 0 Å². The van der Waals surface area contributed by atoms with Gasteiger partial charge in [-0.1, -0.05) is 13.3 Å². The third-order valence-electron chi connectivity index (χ3n) is 1.95. The van der Waals surface area contributed by atoms with Gasteiger partial charge in [-0.3, -0.25) is 0 Å². The largest absolute Gasteiger partial charge is 0.525 e. The van der Waals surface area contributed by atoms with Crippen LogP contribution in [0.15, 0.2) is 12.3 Å². The first-order valence-corrected chi connectivity index (χ1v) is 4.79. The minimum absolute atomic E-state index is 0.0595. The van der Waals surface area contributed by atoms with E-state index in [0.29, 0.717) is 0 Å². The number of cyclic esters (lactones) is 2. The predicted molar refractivity (Wildman–Crippen MR) is 51.4 cm³/mol. The van der Waals surface area contributed by atoms with Crippen LogP contribution in [0.1, 0.15) is 18.9 Å². The molecule has 0 saturated heterocycles. The van der Waals surface area contributed by atoms with Crippen LogP contribution in [0.5, 0.6) is 11.6 Å². The van der Waals surface area contributed by atoms with E-state index in [1.165, 1.54) is 0 Å². The maximum atomic E-state index is 11.0. The zero-order chi connectivity index (χ0) is 11.5. The van der Waals surface area contributed by atoms with Crippen molar-refractivity contribution in [3.8, 4) is 11.6 Å². The third-order valence-corrected chi connectivity index (χ3v) is 1.95. The maximum absolute atomic E-state index is 11.0. The number of aromatic nitrogens is 1. The molecule has 2 rings (SSSR count). The molecule has 0 bridgehead atoms. The summed E-state index contributed by atoms with van der Waals surface area (Å²) in [6.07, 6.45) is 1.05. The van der Waals surface area contributed by atoms with Crippen molar-refractivity contribution in [2.45, 2.75) is 19.8 Å². The zero-order valence-corrected chi connectivity index (χ0v) is 8.56. The van der Waals surface area contributed by atoms with E-state index in [0.717, 1.165) is 18.4 Å². The predicted octanol–water partition coefficient (Wildman–Crippen LogP) is 2.06. The average Bonchev–Trinajstić information content (AvgIpc) is 2.35. The normalized spacial score (nSPS) is 14.3. The van der Waals surface area contributed by atoms with E-state index in [1.807, 2.05) is 6.92 Å². The van der Waals surface area contributed by atoms with Gasteiger partial charge in [-0.2, -0.15) is 0 Å². The van der Waals surface area contributed by atoms with Crippen molar-refractivity contribution in [2.24, 2.45) is 0 Å². The molecule has 0 saturated carbocycles. The summed E-state index contributed by atoms with van der Waals surface area (Å²) in [5, 5.41) is 0. The Hall–Kier alpha value is -2.11. The van der Waals surface area contributed by atoms with Crippen LogP contribution in [0, 0.1) is 0 Å². The van der Waals surface area contributed by atoms with Gasteiger partial charge in [0.25, 0.3) is 5.88 Å². The summed E-state index contributed by atoms with van der Waals surface area (Å²) in [5.41, 5.74) is 0.895. The molecular weight excluding hydrogens is 214 g/mol. The second-order valence-electron chi connectivity index (χ2n) is 3.20. The molecule has 0 fully saturated rings. The van der Waals surface area contributed by atoms with Crippen LogP contribution >= 0.6 is 0 Å². The van der Waals surface area contributed by atoms with E-state index in [9.17, 15) is 9.59 Å². The van der Waals surface area contributed by atoms with Crippen LogP contribution in [0.25, 0.3) is 0 Å². The van der Waals surface area contributed by atoms with Crippen molar-refractivity contribution >= 4 is 12.3 Å². The Balaban J connectivity index is 2.34. The highest BCUT2D eigenvalue weighted by Gasteiger charge is 2.25. The first-order chi connectivity index (χ1) is 7.69. The van der Waals surface area contributed by atoms with Crippen molar-refractivity contribution in [3.05, 3.63) is 17.8 Å². The maximum Gasteiger partial charge on any atom is 0.525 e. The molecule has 0 aromatic carbocycles. The summed E-state index contributed by atoms with van der Waals surface area (Å²) in [7, 11) is 0. The number of hydrogen-bond donors (Lipinski definition) is 0. The molecule has 16 heavy (non-hydrogen) atoms. The molecule has 1 aliphatic rings. The fraction of sp³-hybridized carbons (Fsp3) is 0.300. The zero-order valence-electron chi connectivity index (χ0n) is 8.56. The van der Waals surface area contributed by atoms with Gasteiger partial charge in [0.2, 0.25) is 0 Å². The number of rotatable bonds is 2. The van der Waals surface area contributed by atoms with E-state index >= 15 is 0 Å². The molecule has 0 N–H and O–H groups in total. The number of ether oxygens (including phenoxy) is 3. The highest BCUT2D eigenvalue weighted by molar-refractivity contribution is 5.82. The standard InChI is InChI=1S/C10H9NO5/c1-2-3-6-4-7-8(11-5-6)15-10(13)16-9(12)14-7/h4-5H,2-3H2,1H3. The van der Waals surface area contributed by atoms with Crippen molar-refractivity contribution in [3.63, 3.8) is 0 Å². The summed E-state index contributed by atoms with van der Waals surface area (Å²) in [6, 6.07) is 1.60. The molecule has 84 valence electrons. The van der Waals surface area contributed by atoms with Crippen molar-refractivity contribution in [1.29, 1.82) is 0 Å². The van der Waals surface area contributed by atoms with Crippen LogP contribution in [-0.4, -0.2) is 17.3 Å². The van der Waals surface area contributed by atoms with Crippen molar-refractivity contribution < 1.29 is 23.8 Å². The quantitative estimate of drug-likeness (QED) is 0.564. The average molecular weight is 223 g/mol.